The maximum absolute atomic E-state index is 6.21. The molecule has 0 aliphatic carbocycles. The molecule has 0 bridgehead atoms. The number of benzene rings is 2. The van der Waals surface area contributed by atoms with Crippen LogP contribution in [-0.2, 0) is 0 Å². The molecule has 0 radical (unpaired) electrons. The second kappa shape index (κ2) is 5.66. The Morgan fingerprint density at radius 1 is 1.14 bits per heavy atom. The van der Waals surface area contributed by atoms with Gasteiger partial charge in [-0.05, 0) is 49.8 Å². The van der Waals surface area contributed by atoms with Crippen molar-refractivity contribution >= 4 is 34.6 Å². The van der Waals surface area contributed by atoms with Crippen molar-refractivity contribution in [3.8, 4) is 0 Å². The molecule has 1 N–H and O–H groups in total. The summed E-state index contributed by atoms with van der Waals surface area (Å²) in [6, 6.07) is 16.7. The van der Waals surface area contributed by atoms with Crippen LogP contribution >= 0.6 is 23.8 Å². The van der Waals surface area contributed by atoms with Gasteiger partial charge in [-0.25, -0.2) is 0 Å². The third kappa shape index (κ3) is 2.63. The summed E-state index contributed by atoms with van der Waals surface area (Å²) in [4.78, 5) is 2.14. The van der Waals surface area contributed by atoms with Gasteiger partial charge in [0, 0.05) is 22.3 Å². The standard InChI is InChI=1S/C17H17ClN2S/c1-11(2)20-15-9-8-13(18)10-14(15)16(19-17(20)21)12-6-4-3-5-7-12/h3-11,16H,1-2H3,(H,19,21). The highest BCUT2D eigenvalue weighted by Gasteiger charge is 2.30. The van der Waals surface area contributed by atoms with Crippen molar-refractivity contribution in [3.05, 3.63) is 64.7 Å². The number of nitrogens with zero attached hydrogens (tertiary/aromatic N) is 1. The van der Waals surface area contributed by atoms with Crippen molar-refractivity contribution in [1.29, 1.82) is 0 Å². The Morgan fingerprint density at radius 2 is 1.86 bits per heavy atom. The molecule has 0 amide bonds. The van der Waals surface area contributed by atoms with E-state index in [-0.39, 0.29) is 6.04 Å². The second-order valence-electron chi connectivity index (χ2n) is 5.46. The second-order valence-corrected chi connectivity index (χ2v) is 6.28. The summed E-state index contributed by atoms with van der Waals surface area (Å²) in [6.45, 7) is 4.27. The number of thiocarbonyl (C=S) groups is 1. The molecule has 0 spiro atoms. The molecule has 1 aliphatic rings. The minimum absolute atomic E-state index is 0.0439. The Bertz CT molecular complexity index is 670. The van der Waals surface area contributed by atoms with Crippen molar-refractivity contribution in [2.45, 2.75) is 25.9 Å². The summed E-state index contributed by atoms with van der Waals surface area (Å²) in [5.41, 5.74) is 3.48. The summed E-state index contributed by atoms with van der Waals surface area (Å²) in [5, 5.41) is 4.95. The number of hydrogen-bond acceptors (Lipinski definition) is 1. The van der Waals surface area contributed by atoms with Crippen LogP contribution in [0.3, 0.4) is 0 Å². The van der Waals surface area contributed by atoms with Gasteiger partial charge in [-0.1, -0.05) is 41.9 Å². The minimum Gasteiger partial charge on any atom is -0.351 e. The molecule has 2 nitrogen and oxygen atoms in total. The number of rotatable bonds is 2. The van der Waals surface area contributed by atoms with Crippen LogP contribution in [0.1, 0.15) is 31.0 Å². The zero-order valence-electron chi connectivity index (χ0n) is 12.0. The lowest BCUT2D eigenvalue weighted by molar-refractivity contribution is 0.691. The van der Waals surface area contributed by atoms with Gasteiger partial charge in [-0.3, -0.25) is 0 Å². The zero-order chi connectivity index (χ0) is 15.0. The molecule has 1 heterocycles. The fraction of sp³-hybridized carbons (Fsp3) is 0.235. The van der Waals surface area contributed by atoms with E-state index in [0.29, 0.717) is 6.04 Å². The van der Waals surface area contributed by atoms with Gasteiger partial charge >= 0.3 is 0 Å². The van der Waals surface area contributed by atoms with E-state index < -0.39 is 0 Å². The fourth-order valence-corrected chi connectivity index (χ4v) is 3.38. The van der Waals surface area contributed by atoms with Gasteiger partial charge < -0.3 is 10.2 Å². The van der Waals surface area contributed by atoms with E-state index in [0.717, 1.165) is 21.4 Å². The summed E-state index contributed by atoms with van der Waals surface area (Å²) in [7, 11) is 0. The molecular weight excluding hydrogens is 300 g/mol. The van der Waals surface area contributed by atoms with Gasteiger partial charge in [-0.15, -0.1) is 0 Å². The van der Waals surface area contributed by atoms with E-state index in [1.165, 1.54) is 5.56 Å². The first-order valence-corrected chi connectivity index (χ1v) is 7.80. The molecule has 1 atom stereocenters. The third-order valence-electron chi connectivity index (χ3n) is 3.70. The van der Waals surface area contributed by atoms with Crippen molar-refractivity contribution < 1.29 is 0 Å². The molecule has 0 aromatic heterocycles. The van der Waals surface area contributed by atoms with Gasteiger partial charge in [0.15, 0.2) is 5.11 Å². The average Bonchev–Trinajstić information content (AvgIpc) is 2.47. The SMILES string of the molecule is CC(C)N1C(=S)NC(c2ccccc2)c2cc(Cl)ccc21. The number of anilines is 1. The summed E-state index contributed by atoms with van der Waals surface area (Å²) < 4.78 is 0. The van der Waals surface area contributed by atoms with Crippen LogP contribution in [0, 0.1) is 0 Å². The molecule has 108 valence electrons. The average molecular weight is 317 g/mol. The highest BCUT2D eigenvalue weighted by molar-refractivity contribution is 7.80. The molecule has 2 aromatic rings. The quantitative estimate of drug-likeness (QED) is 0.819. The number of hydrogen-bond donors (Lipinski definition) is 1. The predicted octanol–water partition coefficient (Wildman–Crippen LogP) is 4.53. The van der Waals surface area contributed by atoms with Gasteiger partial charge in [-0.2, -0.15) is 0 Å². The van der Waals surface area contributed by atoms with E-state index in [2.05, 4.69) is 42.3 Å². The Hall–Kier alpha value is -1.58. The van der Waals surface area contributed by atoms with E-state index in [1.807, 2.05) is 30.3 Å². The molecule has 21 heavy (non-hydrogen) atoms. The van der Waals surface area contributed by atoms with E-state index in [1.54, 1.807) is 0 Å². The maximum Gasteiger partial charge on any atom is 0.174 e. The maximum atomic E-state index is 6.21. The Balaban J connectivity index is 2.15. The van der Waals surface area contributed by atoms with Crippen LogP contribution in [0.2, 0.25) is 5.02 Å². The molecule has 4 heteroatoms. The molecule has 1 aliphatic heterocycles. The summed E-state index contributed by atoms with van der Waals surface area (Å²) >= 11 is 11.8. The first-order valence-electron chi connectivity index (χ1n) is 7.02. The molecule has 0 fully saturated rings. The van der Waals surface area contributed by atoms with Crippen LogP contribution in [0.25, 0.3) is 0 Å². The highest BCUT2D eigenvalue weighted by atomic mass is 35.5. The third-order valence-corrected chi connectivity index (χ3v) is 4.25. The Kier molecular flexibility index (Phi) is 3.87. The van der Waals surface area contributed by atoms with Crippen molar-refractivity contribution in [1.82, 2.24) is 5.32 Å². The lowest BCUT2D eigenvalue weighted by atomic mass is 9.94. The fourth-order valence-electron chi connectivity index (χ4n) is 2.78. The Morgan fingerprint density at radius 3 is 2.52 bits per heavy atom. The van der Waals surface area contributed by atoms with E-state index >= 15 is 0 Å². The van der Waals surface area contributed by atoms with Crippen LogP contribution in [-0.4, -0.2) is 11.2 Å². The van der Waals surface area contributed by atoms with Crippen molar-refractivity contribution in [2.75, 3.05) is 4.90 Å². The normalized spacial score (nSPS) is 17.6. The first-order chi connectivity index (χ1) is 10.1. The number of nitrogens with one attached hydrogen (secondary N) is 1. The van der Waals surface area contributed by atoms with Crippen LogP contribution < -0.4 is 10.2 Å². The van der Waals surface area contributed by atoms with E-state index in [4.69, 9.17) is 23.8 Å². The van der Waals surface area contributed by atoms with Gasteiger partial charge in [0.05, 0.1) is 6.04 Å². The molecule has 1 unspecified atom stereocenters. The van der Waals surface area contributed by atoms with Crippen molar-refractivity contribution in [3.63, 3.8) is 0 Å². The summed E-state index contributed by atoms with van der Waals surface area (Å²) in [5.74, 6) is 0. The molecule has 0 saturated carbocycles. The predicted molar refractivity (Wildman–Crippen MR) is 93.1 cm³/mol. The highest BCUT2D eigenvalue weighted by Crippen LogP contribution is 2.37. The molecule has 2 aromatic carbocycles. The lowest BCUT2D eigenvalue weighted by Gasteiger charge is -2.40. The van der Waals surface area contributed by atoms with Crippen LogP contribution in [0.15, 0.2) is 48.5 Å². The number of fused-ring (bicyclic) bond motifs is 1. The molecular formula is C17H17ClN2S. The monoisotopic (exact) mass is 316 g/mol. The van der Waals surface area contributed by atoms with Crippen LogP contribution in [0.5, 0.6) is 0 Å². The van der Waals surface area contributed by atoms with E-state index in [9.17, 15) is 0 Å². The van der Waals surface area contributed by atoms with Crippen LogP contribution in [0.4, 0.5) is 5.69 Å². The minimum atomic E-state index is 0.0439. The first kappa shape index (κ1) is 14.4. The number of halogens is 1. The van der Waals surface area contributed by atoms with Crippen molar-refractivity contribution in [2.24, 2.45) is 0 Å². The van der Waals surface area contributed by atoms with Gasteiger partial charge in [0.1, 0.15) is 0 Å². The Labute approximate surface area is 135 Å². The molecule has 0 saturated heterocycles. The molecule has 3 rings (SSSR count). The summed E-state index contributed by atoms with van der Waals surface area (Å²) in [6.07, 6.45) is 0. The lowest BCUT2D eigenvalue weighted by Crippen LogP contribution is -2.49. The largest absolute Gasteiger partial charge is 0.351 e. The van der Waals surface area contributed by atoms with Gasteiger partial charge in [0.25, 0.3) is 0 Å². The topological polar surface area (TPSA) is 15.3 Å². The smallest absolute Gasteiger partial charge is 0.174 e. The van der Waals surface area contributed by atoms with Gasteiger partial charge in [0.2, 0.25) is 0 Å². The zero-order valence-corrected chi connectivity index (χ0v) is 13.6.